The van der Waals surface area contributed by atoms with Crippen LogP contribution >= 0.6 is 0 Å². The molecule has 0 atom stereocenters. The van der Waals surface area contributed by atoms with Crippen molar-refractivity contribution in [2.75, 3.05) is 4.90 Å². The van der Waals surface area contributed by atoms with Gasteiger partial charge in [0.2, 0.25) is 11.8 Å². The Kier molecular flexibility index (Phi) is 8.08. The Balaban J connectivity index is 1.05. The molecule has 0 saturated heterocycles. The van der Waals surface area contributed by atoms with Crippen LogP contribution in [0.25, 0.3) is 67.6 Å². The van der Waals surface area contributed by atoms with E-state index >= 15 is 0 Å². The second kappa shape index (κ2) is 13.6. The van der Waals surface area contributed by atoms with Crippen LogP contribution in [0.5, 0.6) is 0 Å². The molecule has 6 heteroatoms. The van der Waals surface area contributed by atoms with E-state index in [1.165, 1.54) is 0 Å². The average Bonchev–Trinajstić information content (AvgIpc) is 3.73. The molecule has 246 valence electrons. The number of hydrogen-bond acceptors (Lipinski definition) is 6. The Labute approximate surface area is 301 Å². The largest absolute Gasteiger partial charge is 0.416 e. The molecule has 0 amide bonds. The molecule has 9 aromatic rings. The smallest absolute Gasteiger partial charge is 0.248 e. The molecule has 0 fully saturated rings. The average molecular weight is 670 g/mol. The van der Waals surface area contributed by atoms with Crippen molar-refractivity contribution >= 4 is 28.1 Å². The Morgan fingerprint density at radius 1 is 0.327 bits per heavy atom. The first-order chi connectivity index (χ1) is 25.8. The molecular formula is C46H31N5O. The summed E-state index contributed by atoms with van der Waals surface area (Å²) >= 11 is 0. The van der Waals surface area contributed by atoms with Crippen LogP contribution in [-0.2, 0) is 0 Å². The van der Waals surface area contributed by atoms with Crippen molar-refractivity contribution in [1.29, 1.82) is 0 Å². The molecular weight excluding hydrogens is 639 g/mol. The highest BCUT2D eigenvalue weighted by atomic mass is 16.4. The van der Waals surface area contributed by atoms with E-state index in [4.69, 9.17) is 14.4 Å². The minimum atomic E-state index is 0.464. The molecule has 2 aromatic heterocycles. The van der Waals surface area contributed by atoms with Gasteiger partial charge in [0.15, 0.2) is 0 Å². The minimum Gasteiger partial charge on any atom is -0.416 e. The predicted molar refractivity (Wildman–Crippen MR) is 209 cm³/mol. The maximum Gasteiger partial charge on any atom is 0.248 e. The van der Waals surface area contributed by atoms with Crippen LogP contribution in [-0.4, -0.2) is 20.2 Å². The molecule has 2 heterocycles. The van der Waals surface area contributed by atoms with Gasteiger partial charge in [-0.05, 0) is 77.9 Å². The Morgan fingerprint density at radius 3 is 1.35 bits per heavy atom. The third kappa shape index (κ3) is 5.99. The summed E-state index contributed by atoms with van der Waals surface area (Å²) in [7, 11) is 0. The van der Waals surface area contributed by atoms with Gasteiger partial charge < -0.3 is 9.32 Å². The van der Waals surface area contributed by atoms with E-state index in [2.05, 4.69) is 106 Å². The third-order valence-corrected chi connectivity index (χ3v) is 9.07. The summed E-state index contributed by atoms with van der Waals surface area (Å²) in [6.07, 6.45) is 0. The molecule has 52 heavy (non-hydrogen) atoms. The lowest BCUT2D eigenvalue weighted by Crippen LogP contribution is -2.09. The maximum atomic E-state index is 6.26. The van der Waals surface area contributed by atoms with E-state index in [0.29, 0.717) is 11.8 Å². The normalized spacial score (nSPS) is 11.1. The fraction of sp³-hybridized carbons (Fsp3) is 0. The molecule has 0 aliphatic rings. The SMILES string of the molecule is c1ccc(-c2ccccc2-c2nnc(-c3ccc(N(c4ccccc4)c4ccc(-c5nc6ccccc6nc5-c5ccccc5)cc4)cc3)o2)cc1. The first kappa shape index (κ1) is 30.8. The van der Waals surface area contributed by atoms with Crippen molar-refractivity contribution in [1.82, 2.24) is 20.2 Å². The molecule has 0 aliphatic carbocycles. The summed E-state index contributed by atoms with van der Waals surface area (Å²) < 4.78 is 6.26. The summed E-state index contributed by atoms with van der Waals surface area (Å²) in [6.45, 7) is 0. The lowest BCUT2D eigenvalue weighted by Gasteiger charge is -2.25. The van der Waals surface area contributed by atoms with Crippen LogP contribution in [0.1, 0.15) is 0 Å². The zero-order chi connectivity index (χ0) is 34.7. The van der Waals surface area contributed by atoms with Crippen molar-refractivity contribution in [2.45, 2.75) is 0 Å². The third-order valence-electron chi connectivity index (χ3n) is 9.07. The zero-order valence-electron chi connectivity index (χ0n) is 28.0. The molecule has 0 bridgehead atoms. The molecule has 6 nitrogen and oxygen atoms in total. The van der Waals surface area contributed by atoms with Crippen LogP contribution in [0.3, 0.4) is 0 Å². The minimum absolute atomic E-state index is 0.464. The van der Waals surface area contributed by atoms with Gasteiger partial charge in [-0.15, -0.1) is 10.2 Å². The van der Waals surface area contributed by atoms with Gasteiger partial charge in [0.1, 0.15) is 0 Å². The van der Waals surface area contributed by atoms with Gasteiger partial charge in [0.05, 0.1) is 22.4 Å². The highest BCUT2D eigenvalue weighted by Crippen LogP contribution is 2.38. The van der Waals surface area contributed by atoms with Gasteiger partial charge in [-0.25, -0.2) is 9.97 Å². The van der Waals surface area contributed by atoms with Gasteiger partial charge in [0, 0.05) is 39.3 Å². The fourth-order valence-corrected chi connectivity index (χ4v) is 6.53. The highest BCUT2D eigenvalue weighted by molar-refractivity contribution is 5.87. The van der Waals surface area contributed by atoms with E-state index in [9.17, 15) is 0 Å². The van der Waals surface area contributed by atoms with Crippen molar-refractivity contribution in [3.63, 3.8) is 0 Å². The highest BCUT2D eigenvalue weighted by Gasteiger charge is 2.18. The molecule has 0 spiro atoms. The van der Waals surface area contributed by atoms with Crippen LogP contribution < -0.4 is 4.90 Å². The van der Waals surface area contributed by atoms with Gasteiger partial charge in [-0.2, -0.15) is 0 Å². The second-order valence-electron chi connectivity index (χ2n) is 12.4. The molecule has 9 rings (SSSR count). The second-order valence-corrected chi connectivity index (χ2v) is 12.4. The number of fused-ring (bicyclic) bond motifs is 1. The number of aromatic nitrogens is 4. The molecule has 0 aliphatic heterocycles. The Bertz CT molecular complexity index is 2600. The summed E-state index contributed by atoms with van der Waals surface area (Å²) in [5.74, 6) is 0.946. The van der Waals surface area contributed by atoms with Crippen molar-refractivity contribution in [3.05, 3.63) is 188 Å². The Hall–Kier alpha value is -7.18. The first-order valence-electron chi connectivity index (χ1n) is 17.2. The number of hydrogen-bond donors (Lipinski definition) is 0. The fourth-order valence-electron chi connectivity index (χ4n) is 6.53. The van der Waals surface area contributed by atoms with Gasteiger partial charge in [-0.3, -0.25) is 0 Å². The number of anilines is 3. The summed E-state index contributed by atoms with van der Waals surface area (Å²) in [4.78, 5) is 12.4. The van der Waals surface area contributed by atoms with Crippen molar-refractivity contribution < 1.29 is 4.42 Å². The van der Waals surface area contributed by atoms with Gasteiger partial charge in [-0.1, -0.05) is 121 Å². The predicted octanol–water partition coefficient (Wildman–Crippen LogP) is 11.8. The Morgan fingerprint density at radius 2 is 0.750 bits per heavy atom. The van der Waals surface area contributed by atoms with E-state index in [1.54, 1.807) is 0 Å². The van der Waals surface area contributed by atoms with Crippen molar-refractivity contribution in [3.8, 4) is 56.6 Å². The lowest BCUT2D eigenvalue weighted by molar-refractivity contribution is 0.585. The number of rotatable bonds is 8. The number of nitrogens with zero attached hydrogens (tertiary/aromatic N) is 5. The quantitative estimate of drug-likeness (QED) is 0.160. The van der Waals surface area contributed by atoms with Crippen molar-refractivity contribution in [2.24, 2.45) is 0 Å². The van der Waals surface area contributed by atoms with E-state index in [-0.39, 0.29) is 0 Å². The summed E-state index contributed by atoms with van der Waals surface area (Å²) in [5.41, 5.74) is 12.4. The first-order valence-corrected chi connectivity index (χ1v) is 17.2. The molecule has 0 N–H and O–H groups in total. The van der Waals surface area contributed by atoms with Crippen LogP contribution in [0.2, 0.25) is 0 Å². The van der Waals surface area contributed by atoms with Crippen LogP contribution in [0, 0.1) is 0 Å². The van der Waals surface area contributed by atoms with Crippen LogP contribution in [0.15, 0.2) is 192 Å². The lowest BCUT2D eigenvalue weighted by atomic mass is 10.00. The van der Waals surface area contributed by atoms with Crippen LogP contribution in [0.4, 0.5) is 17.1 Å². The number of para-hydroxylation sites is 3. The molecule has 0 saturated carbocycles. The van der Waals surface area contributed by atoms with E-state index in [0.717, 1.165) is 72.9 Å². The van der Waals surface area contributed by atoms with E-state index in [1.807, 2.05) is 97.1 Å². The van der Waals surface area contributed by atoms with E-state index < -0.39 is 0 Å². The summed E-state index contributed by atoms with van der Waals surface area (Å²) in [6, 6.07) is 63.7. The summed E-state index contributed by atoms with van der Waals surface area (Å²) in [5, 5.41) is 8.87. The molecule has 7 aromatic carbocycles. The topological polar surface area (TPSA) is 67.9 Å². The zero-order valence-corrected chi connectivity index (χ0v) is 28.0. The molecule has 0 unspecified atom stereocenters. The monoisotopic (exact) mass is 669 g/mol. The standard InChI is InChI=1S/C46H31N5O/c1-4-14-32(15-5-1)39-20-10-11-21-40(39)46-50-49-45(52-46)35-26-30-38(31-27-35)51(36-18-8-3-9-19-36)37-28-24-34(25-29-37)44-43(33-16-6-2-7-17-33)47-41-22-12-13-23-42(41)48-44/h1-31H. The number of benzene rings is 7. The van der Waals surface area contributed by atoms with Gasteiger partial charge in [0.25, 0.3) is 0 Å². The molecule has 0 radical (unpaired) electrons. The maximum absolute atomic E-state index is 6.26. The van der Waals surface area contributed by atoms with Gasteiger partial charge >= 0.3 is 0 Å².